The lowest BCUT2D eigenvalue weighted by molar-refractivity contribution is -0.137. The molecule has 27 heavy (non-hydrogen) atoms. The molecule has 2 aromatic heterocycles. The van der Waals surface area contributed by atoms with Crippen molar-refractivity contribution >= 4 is 11.8 Å². The van der Waals surface area contributed by atoms with Gasteiger partial charge in [-0.05, 0) is 17.7 Å². The highest BCUT2D eigenvalue weighted by Crippen LogP contribution is 2.29. The van der Waals surface area contributed by atoms with Crippen molar-refractivity contribution in [3.8, 4) is 5.75 Å². The van der Waals surface area contributed by atoms with Crippen LogP contribution in [0.25, 0.3) is 0 Å². The molecule has 0 unspecified atom stereocenters. The second kappa shape index (κ2) is 7.87. The Hall–Kier alpha value is -2.75. The SMILES string of the molecule is Cn1cnnc1SCc1cc(=O)c(OCc2ccc(C(F)(F)F)cc2)co1. The summed E-state index contributed by atoms with van der Waals surface area (Å²) in [6, 6.07) is 5.85. The van der Waals surface area contributed by atoms with Crippen LogP contribution in [0.1, 0.15) is 16.9 Å². The summed E-state index contributed by atoms with van der Waals surface area (Å²) in [5.41, 5.74) is -0.610. The van der Waals surface area contributed by atoms with Gasteiger partial charge in [-0.2, -0.15) is 13.2 Å². The first-order chi connectivity index (χ1) is 12.8. The first-order valence-corrected chi connectivity index (χ1v) is 8.69. The van der Waals surface area contributed by atoms with Crippen molar-refractivity contribution in [3.63, 3.8) is 0 Å². The van der Waals surface area contributed by atoms with Gasteiger partial charge in [-0.15, -0.1) is 10.2 Å². The fourth-order valence-electron chi connectivity index (χ4n) is 2.11. The average molecular weight is 397 g/mol. The number of aromatic nitrogens is 3. The maximum Gasteiger partial charge on any atom is 0.416 e. The van der Waals surface area contributed by atoms with E-state index in [0.717, 1.165) is 12.1 Å². The normalized spacial score (nSPS) is 11.6. The number of halogens is 3. The second-order valence-electron chi connectivity index (χ2n) is 5.57. The number of rotatable bonds is 6. The smallest absolute Gasteiger partial charge is 0.416 e. The molecule has 0 atom stereocenters. The Morgan fingerprint density at radius 2 is 2.00 bits per heavy atom. The van der Waals surface area contributed by atoms with Crippen LogP contribution in [-0.4, -0.2) is 14.8 Å². The zero-order valence-electron chi connectivity index (χ0n) is 14.1. The monoisotopic (exact) mass is 397 g/mol. The summed E-state index contributed by atoms with van der Waals surface area (Å²) in [7, 11) is 1.80. The fraction of sp³-hybridized carbons (Fsp3) is 0.235. The highest BCUT2D eigenvalue weighted by atomic mass is 32.2. The van der Waals surface area contributed by atoms with Crippen molar-refractivity contribution in [2.24, 2.45) is 7.05 Å². The Kier molecular flexibility index (Phi) is 5.54. The van der Waals surface area contributed by atoms with Crippen LogP contribution < -0.4 is 10.2 Å². The molecule has 10 heteroatoms. The van der Waals surface area contributed by atoms with Crippen molar-refractivity contribution in [2.75, 3.05) is 0 Å². The van der Waals surface area contributed by atoms with E-state index in [0.29, 0.717) is 22.2 Å². The van der Waals surface area contributed by atoms with Crippen LogP contribution in [0.5, 0.6) is 5.75 Å². The largest absolute Gasteiger partial charge is 0.482 e. The molecule has 0 fully saturated rings. The van der Waals surface area contributed by atoms with Gasteiger partial charge >= 0.3 is 6.18 Å². The zero-order valence-corrected chi connectivity index (χ0v) is 14.9. The maximum absolute atomic E-state index is 12.5. The van der Waals surface area contributed by atoms with E-state index < -0.39 is 11.7 Å². The molecule has 2 heterocycles. The highest BCUT2D eigenvalue weighted by molar-refractivity contribution is 7.98. The summed E-state index contributed by atoms with van der Waals surface area (Å²) in [5.74, 6) is 0.818. The van der Waals surface area contributed by atoms with Crippen LogP contribution in [0.4, 0.5) is 13.2 Å². The Labute approximate surface area is 156 Å². The number of hydrogen-bond donors (Lipinski definition) is 0. The maximum atomic E-state index is 12.5. The summed E-state index contributed by atoms with van der Waals surface area (Å²) >= 11 is 1.36. The van der Waals surface area contributed by atoms with E-state index in [9.17, 15) is 18.0 Å². The number of ether oxygens (including phenoxy) is 1. The van der Waals surface area contributed by atoms with Gasteiger partial charge in [-0.3, -0.25) is 4.79 Å². The van der Waals surface area contributed by atoms with Crippen LogP contribution in [0.2, 0.25) is 0 Å². The Morgan fingerprint density at radius 3 is 2.59 bits per heavy atom. The molecular formula is C17H14F3N3O3S. The lowest BCUT2D eigenvalue weighted by Gasteiger charge is -2.09. The van der Waals surface area contributed by atoms with Gasteiger partial charge in [-0.1, -0.05) is 23.9 Å². The van der Waals surface area contributed by atoms with Crippen LogP contribution in [0.3, 0.4) is 0 Å². The minimum Gasteiger partial charge on any atom is -0.482 e. The summed E-state index contributed by atoms with van der Waals surface area (Å²) in [6.45, 7) is -0.0457. The van der Waals surface area contributed by atoms with Crippen molar-refractivity contribution in [1.29, 1.82) is 0 Å². The molecule has 0 aliphatic heterocycles. The third-order valence-corrected chi connectivity index (χ3v) is 4.60. The van der Waals surface area contributed by atoms with Crippen LogP contribution >= 0.6 is 11.8 Å². The molecule has 3 aromatic rings. The molecule has 0 saturated heterocycles. The number of thioether (sulfide) groups is 1. The quantitative estimate of drug-likeness (QED) is 0.592. The minimum atomic E-state index is -4.39. The number of hydrogen-bond acceptors (Lipinski definition) is 6. The molecule has 0 N–H and O–H groups in total. The average Bonchev–Trinajstić information content (AvgIpc) is 3.04. The lowest BCUT2D eigenvalue weighted by atomic mass is 10.1. The van der Waals surface area contributed by atoms with Gasteiger partial charge < -0.3 is 13.7 Å². The zero-order chi connectivity index (χ0) is 19.4. The minimum absolute atomic E-state index is 0.0118. The molecule has 1 aromatic carbocycles. The molecule has 0 radical (unpaired) electrons. The first kappa shape index (κ1) is 19.0. The third kappa shape index (κ3) is 4.91. The molecule has 3 rings (SSSR count). The van der Waals surface area contributed by atoms with E-state index in [1.54, 1.807) is 17.9 Å². The van der Waals surface area contributed by atoms with E-state index in [1.165, 1.54) is 36.2 Å². The fourth-order valence-corrected chi connectivity index (χ4v) is 2.89. The molecule has 0 amide bonds. The lowest BCUT2D eigenvalue weighted by Crippen LogP contribution is -2.08. The van der Waals surface area contributed by atoms with E-state index >= 15 is 0 Å². The standard InChI is InChI=1S/C17H14F3N3O3S/c1-23-10-21-22-16(23)27-9-13-6-14(24)15(8-25-13)26-7-11-2-4-12(5-3-11)17(18,19)20/h2-6,8,10H,7,9H2,1H3. The van der Waals surface area contributed by atoms with Gasteiger partial charge in [-0.25, -0.2) is 0 Å². The Bertz CT molecular complexity index is 968. The molecule has 0 bridgehead atoms. The molecule has 0 aliphatic rings. The van der Waals surface area contributed by atoms with Crippen molar-refractivity contribution in [2.45, 2.75) is 23.7 Å². The number of nitrogens with zero attached hydrogens (tertiary/aromatic N) is 3. The summed E-state index contributed by atoms with van der Waals surface area (Å²) in [4.78, 5) is 12.1. The van der Waals surface area contributed by atoms with E-state index in [1.807, 2.05) is 0 Å². The molecule has 142 valence electrons. The van der Waals surface area contributed by atoms with Gasteiger partial charge in [0, 0.05) is 13.1 Å². The van der Waals surface area contributed by atoms with Gasteiger partial charge in [0.05, 0.1) is 11.3 Å². The first-order valence-electron chi connectivity index (χ1n) is 7.70. The van der Waals surface area contributed by atoms with Crippen LogP contribution in [0.15, 0.2) is 57.3 Å². The summed E-state index contributed by atoms with van der Waals surface area (Å²) in [5, 5.41) is 8.35. The number of alkyl halides is 3. The molecule has 6 nitrogen and oxygen atoms in total. The third-order valence-electron chi connectivity index (χ3n) is 3.54. The van der Waals surface area contributed by atoms with Crippen molar-refractivity contribution in [3.05, 3.63) is 70.0 Å². The molecule has 0 spiro atoms. The predicted molar refractivity (Wildman–Crippen MR) is 91.3 cm³/mol. The van der Waals surface area contributed by atoms with E-state index in [2.05, 4.69) is 10.2 Å². The van der Waals surface area contributed by atoms with Gasteiger partial charge in [0.1, 0.15) is 25.0 Å². The van der Waals surface area contributed by atoms with Gasteiger partial charge in [0.2, 0.25) is 11.2 Å². The van der Waals surface area contributed by atoms with Crippen LogP contribution in [0, 0.1) is 0 Å². The van der Waals surface area contributed by atoms with Gasteiger partial charge in [0.15, 0.2) is 5.16 Å². The molecule has 0 aliphatic carbocycles. The van der Waals surface area contributed by atoms with Crippen LogP contribution in [-0.2, 0) is 25.6 Å². The topological polar surface area (TPSA) is 70.2 Å². The van der Waals surface area contributed by atoms with E-state index in [-0.39, 0.29) is 17.8 Å². The Balaban J connectivity index is 1.59. The van der Waals surface area contributed by atoms with Crippen molar-refractivity contribution in [1.82, 2.24) is 14.8 Å². The summed E-state index contributed by atoms with van der Waals surface area (Å²) in [6.07, 6.45) is -1.63. The number of aryl methyl sites for hydroxylation is 1. The van der Waals surface area contributed by atoms with Crippen molar-refractivity contribution < 1.29 is 22.3 Å². The second-order valence-corrected chi connectivity index (χ2v) is 6.51. The highest BCUT2D eigenvalue weighted by Gasteiger charge is 2.29. The number of benzene rings is 1. The van der Waals surface area contributed by atoms with E-state index in [4.69, 9.17) is 9.15 Å². The molecule has 0 saturated carbocycles. The molecular weight excluding hydrogens is 383 g/mol. The van der Waals surface area contributed by atoms with Gasteiger partial charge in [0.25, 0.3) is 0 Å². The Morgan fingerprint density at radius 1 is 1.26 bits per heavy atom. The summed E-state index contributed by atoms with van der Waals surface area (Å²) < 4.78 is 50.1. The predicted octanol–water partition coefficient (Wildman–Crippen LogP) is 3.66.